The van der Waals surface area contributed by atoms with Crippen LogP contribution in [0.4, 0.5) is 11.6 Å². The molecule has 0 fully saturated rings. The lowest BCUT2D eigenvalue weighted by Crippen LogP contribution is -2.39. The summed E-state index contributed by atoms with van der Waals surface area (Å²) in [7, 11) is 5.83. The fourth-order valence-electron chi connectivity index (χ4n) is 2.03. The van der Waals surface area contributed by atoms with Crippen molar-refractivity contribution >= 4 is 11.6 Å². The summed E-state index contributed by atoms with van der Waals surface area (Å²) >= 11 is 0. The van der Waals surface area contributed by atoms with E-state index < -0.39 is 22.5 Å². The van der Waals surface area contributed by atoms with Gasteiger partial charge < -0.3 is 10.6 Å². The van der Waals surface area contributed by atoms with Gasteiger partial charge >= 0.3 is 11.4 Å². The molecular formula is C13H18N6O4. The SMILES string of the molecule is Cn1c(NCNc2cc(=O)n(C)c(=O)n2C)cc(=O)n(C)c1=O. The molecule has 0 unspecified atom stereocenters. The second-order valence-corrected chi connectivity index (χ2v) is 5.07. The van der Waals surface area contributed by atoms with Gasteiger partial charge in [0, 0.05) is 40.3 Å². The molecule has 2 aromatic heterocycles. The van der Waals surface area contributed by atoms with Gasteiger partial charge in [0.25, 0.3) is 11.1 Å². The predicted molar refractivity (Wildman–Crippen MR) is 86.0 cm³/mol. The first-order chi connectivity index (χ1) is 10.7. The molecule has 23 heavy (non-hydrogen) atoms. The summed E-state index contributed by atoms with van der Waals surface area (Å²) in [4.78, 5) is 46.9. The second-order valence-electron chi connectivity index (χ2n) is 5.07. The van der Waals surface area contributed by atoms with Gasteiger partial charge in [-0.15, -0.1) is 0 Å². The fourth-order valence-corrected chi connectivity index (χ4v) is 2.03. The highest BCUT2D eigenvalue weighted by molar-refractivity contribution is 5.39. The Kier molecular flexibility index (Phi) is 4.25. The first kappa shape index (κ1) is 16.3. The van der Waals surface area contributed by atoms with Gasteiger partial charge in [-0.3, -0.25) is 27.9 Å². The predicted octanol–water partition coefficient (Wildman–Crippen LogP) is -2.04. The van der Waals surface area contributed by atoms with Crippen LogP contribution >= 0.6 is 0 Å². The van der Waals surface area contributed by atoms with Crippen LogP contribution in [0.25, 0.3) is 0 Å². The molecule has 2 rings (SSSR count). The molecule has 124 valence electrons. The average Bonchev–Trinajstić information content (AvgIpc) is 2.52. The third-order valence-corrected chi connectivity index (χ3v) is 3.59. The number of anilines is 2. The largest absolute Gasteiger partial charge is 0.354 e. The zero-order valence-corrected chi connectivity index (χ0v) is 13.3. The van der Waals surface area contributed by atoms with Crippen LogP contribution in [0.5, 0.6) is 0 Å². The molecule has 10 heteroatoms. The van der Waals surface area contributed by atoms with Crippen LogP contribution in [0.3, 0.4) is 0 Å². The molecule has 0 amide bonds. The Hall–Kier alpha value is -3.04. The Labute approximate surface area is 130 Å². The summed E-state index contributed by atoms with van der Waals surface area (Å²) in [6, 6.07) is 2.57. The van der Waals surface area contributed by atoms with Crippen LogP contribution in [0.2, 0.25) is 0 Å². The second kappa shape index (κ2) is 5.99. The molecule has 0 aliphatic heterocycles. The lowest BCUT2D eigenvalue weighted by atomic mass is 10.5. The molecule has 2 N–H and O–H groups in total. The Morgan fingerprint density at radius 3 is 1.39 bits per heavy atom. The van der Waals surface area contributed by atoms with Gasteiger partial charge in [0.15, 0.2) is 0 Å². The smallest absolute Gasteiger partial charge is 0.332 e. The highest BCUT2D eigenvalue weighted by Crippen LogP contribution is 2.00. The number of hydrogen-bond donors (Lipinski definition) is 2. The summed E-state index contributed by atoms with van der Waals surface area (Å²) in [5, 5.41) is 5.73. The Morgan fingerprint density at radius 2 is 1.04 bits per heavy atom. The van der Waals surface area contributed by atoms with Gasteiger partial charge in [-0.25, -0.2) is 9.59 Å². The van der Waals surface area contributed by atoms with E-state index in [9.17, 15) is 19.2 Å². The zero-order chi connectivity index (χ0) is 17.3. The molecule has 0 aromatic carbocycles. The third-order valence-electron chi connectivity index (χ3n) is 3.59. The first-order valence-electron chi connectivity index (χ1n) is 6.76. The molecule has 0 radical (unpaired) electrons. The van der Waals surface area contributed by atoms with Gasteiger partial charge in [0.2, 0.25) is 0 Å². The highest BCUT2D eigenvalue weighted by atomic mass is 16.2. The Morgan fingerprint density at radius 1 is 0.696 bits per heavy atom. The molecule has 0 saturated carbocycles. The van der Waals surface area contributed by atoms with Crippen molar-refractivity contribution in [2.24, 2.45) is 28.2 Å². The van der Waals surface area contributed by atoms with Crippen molar-refractivity contribution in [1.82, 2.24) is 18.3 Å². The minimum atomic E-state index is -0.457. The number of rotatable bonds is 4. The van der Waals surface area contributed by atoms with E-state index in [0.717, 1.165) is 9.13 Å². The Bertz CT molecular complexity index is 898. The molecule has 0 saturated heterocycles. The number of nitrogens with one attached hydrogen (secondary N) is 2. The molecular weight excluding hydrogens is 304 g/mol. The van der Waals surface area contributed by atoms with Crippen molar-refractivity contribution in [3.63, 3.8) is 0 Å². The maximum atomic E-state index is 11.8. The van der Waals surface area contributed by atoms with Crippen molar-refractivity contribution in [3.8, 4) is 0 Å². The van der Waals surface area contributed by atoms with Crippen molar-refractivity contribution in [3.05, 3.63) is 53.8 Å². The minimum Gasteiger partial charge on any atom is -0.354 e. The summed E-state index contributed by atoms with van der Waals surface area (Å²) in [5.41, 5.74) is -1.78. The average molecular weight is 322 g/mol. The molecule has 0 spiro atoms. The van der Waals surface area contributed by atoms with E-state index in [-0.39, 0.29) is 6.67 Å². The van der Waals surface area contributed by atoms with Gasteiger partial charge in [-0.2, -0.15) is 0 Å². The van der Waals surface area contributed by atoms with E-state index in [1.165, 1.54) is 49.5 Å². The summed E-state index contributed by atoms with van der Waals surface area (Å²) in [6.07, 6.45) is 0. The maximum Gasteiger partial charge on any atom is 0.332 e. The maximum absolute atomic E-state index is 11.8. The highest BCUT2D eigenvalue weighted by Gasteiger charge is 2.07. The minimum absolute atomic E-state index is 0.112. The molecule has 2 aromatic rings. The lowest BCUT2D eigenvalue weighted by Gasteiger charge is -2.15. The van der Waals surface area contributed by atoms with E-state index in [1.807, 2.05) is 0 Å². The van der Waals surface area contributed by atoms with Crippen LogP contribution < -0.4 is 33.1 Å². The van der Waals surface area contributed by atoms with E-state index in [2.05, 4.69) is 10.6 Å². The van der Waals surface area contributed by atoms with E-state index in [0.29, 0.717) is 11.6 Å². The Balaban J connectivity index is 2.22. The number of hydrogen-bond acceptors (Lipinski definition) is 6. The fraction of sp³-hybridized carbons (Fsp3) is 0.385. The van der Waals surface area contributed by atoms with E-state index in [4.69, 9.17) is 0 Å². The standard InChI is InChI=1S/C13H18N6O4/c1-16-8(5-10(20)18(3)12(16)22)14-7-15-9-6-11(21)19(4)13(23)17(9)2/h5-6,14-15H,7H2,1-4H3. The van der Waals surface area contributed by atoms with Crippen molar-refractivity contribution < 1.29 is 0 Å². The van der Waals surface area contributed by atoms with Crippen LogP contribution in [-0.2, 0) is 28.2 Å². The topological polar surface area (TPSA) is 112 Å². The monoisotopic (exact) mass is 322 g/mol. The van der Waals surface area contributed by atoms with Crippen molar-refractivity contribution in [2.75, 3.05) is 17.3 Å². The summed E-state index contributed by atoms with van der Waals surface area (Å²) < 4.78 is 4.55. The van der Waals surface area contributed by atoms with Gasteiger partial charge in [-0.05, 0) is 0 Å². The van der Waals surface area contributed by atoms with Crippen molar-refractivity contribution in [2.45, 2.75) is 0 Å². The molecule has 2 heterocycles. The van der Waals surface area contributed by atoms with Gasteiger partial charge in [0.05, 0.1) is 6.67 Å². The molecule has 0 aliphatic carbocycles. The van der Waals surface area contributed by atoms with Crippen LogP contribution in [0, 0.1) is 0 Å². The third kappa shape index (κ3) is 2.96. The molecule has 10 nitrogen and oxygen atoms in total. The van der Waals surface area contributed by atoms with Gasteiger partial charge in [0.1, 0.15) is 11.6 Å². The number of nitrogens with zero attached hydrogens (tertiary/aromatic N) is 4. The first-order valence-corrected chi connectivity index (χ1v) is 6.76. The normalized spacial score (nSPS) is 10.6. The van der Waals surface area contributed by atoms with E-state index in [1.54, 1.807) is 0 Å². The quantitative estimate of drug-likeness (QED) is 0.628. The zero-order valence-electron chi connectivity index (χ0n) is 13.3. The molecule has 0 atom stereocenters. The molecule has 0 bridgehead atoms. The number of aromatic nitrogens is 4. The van der Waals surface area contributed by atoms with Crippen LogP contribution in [-0.4, -0.2) is 24.9 Å². The van der Waals surface area contributed by atoms with Crippen molar-refractivity contribution in [1.29, 1.82) is 0 Å². The molecule has 0 aliphatic rings. The summed E-state index contributed by atoms with van der Waals surface area (Å²) in [6.45, 7) is 0.112. The lowest BCUT2D eigenvalue weighted by molar-refractivity contribution is 0.685. The van der Waals surface area contributed by atoms with Crippen LogP contribution in [0.15, 0.2) is 31.3 Å². The van der Waals surface area contributed by atoms with E-state index >= 15 is 0 Å². The van der Waals surface area contributed by atoms with Gasteiger partial charge in [-0.1, -0.05) is 0 Å². The summed E-state index contributed by atoms with van der Waals surface area (Å²) in [5.74, 6) is 0.638. The van der Waals surface area contributed by atoms with Crippen LogP contribution in [0.1, 0.15) is 0 Å².